The van der Waals surface area contributed by atoms with Gasteiger partial charge in [0.25, 0.3) is 5.17 Å². The lowest BCUT2D eigenvalue weighted by Crippen LogP contribution is -2.28. The summed E-state index contributed by atoms with van der Waals surface area (Å²) in [6.45, 7) is 4.37. The van der Waals surface area contributed by atoms with Crippen LogP contribution in [0.2, 0.25) is 0 Å². The van der Waals surface area contributed by atoms with Gasteiger partial charge in [-0.2, -0.15) is 5.06 Å². The highest BCUT2D eigenvalue weighted by Gasteiger charge is 2.18. The van der Waals surface area contributed by atoms with Crippen LogP contribution in [0.1, 0.15) is 16.7 Å². The van der Waals surface area contributed by atoms with Gasteiger partial charge < -0.3 is 9.47 Å². The number of methoxy groups -OCH3 is 1. The molecule has 0 spiro atoms. The SMILES string of the molecule is COC(=S)N(O)c1c(I)cccc1COc1ccc(C)cc1C. The van der Waals surface area contributed by atoms with Crippen molar-refractivity contribution in [1.82, 2.24) is 0 Å². The van der Waals surface area contributed by atoms with E-state index in [1.54, 1.807) is 0 Å². The summed E-state index contributed by atoms with van der Waals surface area (Å²) in [5, 5.41) is 11.1. The molecule has 0 fully saturated rings. The van der Waals surface area contributed by atoms with Gasteiger partial charge in [-0.3, -0.25) is 5.21 Å². The van der Waals surface area contributed by atoms with Crippen LogP contribution in [0.3, 0.4) is 0 Å². The average molecular weight is 443 g/mol. The predicted octanol–water partition coefficient (Wildman–Crippen LogP) is 4.61. The second-order valence-corrected chi connectivity index (χ2v) is 6.60. The van der Waals surface area contributed by atoms with Crippen molar-refractivity contribution in [1.29, 1.82) is 0 Å². The van der Waals surface area contributed by atoms with Gasteiger partial charge in [-0.1, -0.05) is 29.8 Å². The number of hydroxylamine groups is 1. The second kappa shape index (κ2) is 7.94. The fourth-order valence-corrected chi connectivity index (χ4v) is 3.08. The van der Waals surface area contributed by atoms with Gasteiger partial charge in [0.1, 0.15) is 12.4 Å². The molecule has 0 heterocycles. The van der Waals surface area contributed by atoms with E-state index in [9.17, 15) is 5.21 Å². The largest absolute Gasteiger partial charge is 0.489 e. The number of rotatable bonds is 4. The van der Waals surface area contributed by atoms with Crippen LogP contribution < -0.4 is 9.80 Å². The van der Waals surface area contributed by atoms with Crippen molar-refractivity contribution in [3.8, 4) is 5.75 Å². The van der Waals surface area contributed by atoms with E-state index in [-0.39, 0.29) is 5.17 Å². The first-order valence-corrected chi connectivity index (χ1v) is 8.47. The number of hydrogen-bond donors (Lipinski definition) is 1. The van der Waals surface area contributed by atoms with Gasteiger partial charge in [0, 0.05) is 9.13 Å². The summed E-state index contributed by atoms with van der Waals surface area (Å²) in [5.41, 5.74) is 3.66. The smallest absolute Gasteiger partial charge is 0.288 e. The Balaban J connectivity index is 2.26. The molecule has 0 saturated heterocycles. The Bertz CT molecular complexity index is 721. The molecule has 1 N–H and O–H groups in total. The minimum atomic E-state index is -0.0121. The molecule has 2 rings (SSSR count). The van der Waals surface area contributed by atoms with Crippen LogP contribution in [0.25, 0.3) is 0 Å². The molecule has 0 aliphatic rings. The Hall–Kier alpha value is -1.38. The first kappa shape index (κ1) is 18.0. The number of anilines is 1. The van der Waals surface area contributed by atoms with Crippen LogP contribution in [0.15, 0.2) is 36.4 Å². The molecule has 23 heavy (non-hydrogen) atoms. The highest BCUT2D eigenvalue weighted by molar-refractivity contribution is 14.1. The normalized spacial score (nSPS) is 10.3. The van der Waals surface area contributed by atoms with Crippen molar-refractivity contribution in [2.45, 2.75) is 20.5 Å². The van der Waals surface area contributed by atoms with E-state index in [0.29, 0.717) is 12.3 Å². The second-order valence-electron chi connectivity index (χ2n) is 5.09. The van der Waals surface area contributed by atoms with E-state index in [1.807, 2.05) is 44.2 Å². The Kier molecular flexibility index (Phi) is 6.20. The maximum Gasteiger partial charge on any atom is 0.288 e. The molecule has 4 nitrogen and oxygen atoms in total. The zero-order valence-electron chi connectivity index (χ0n) is 13.2. The summed E-state index contributed by atoms with van der Waals surface area (Å²) in [7, 11) is 1.42. The minimum Gasteiger partial charge on any atom is -0.489 e. The van der Waals surface area contributed by atoms with E-state index in [0.717, 1.165) is 25.5 Å². The first-order valence-electron chi connectivity index (χ1n) is 6.98. The van der Waals surface area contributed by atoms with Gasteiger partial charge in [0.05, 0.1) is 12.8 Å². The summed E-state index contributed by atoms with van der Waals surface area (Å²) < 4.78 is 11.7. The highest BCUT2D eigenvalue weighted by Crippen LogP contribution is 2.28. The molecule has 0 atom stereocenters. The van der Waals surface area contributed by atoms with Crippen molar-refractivity contribution in [2.75, 3.05) is 12.2 Å². The first-order chi connectivity index (χ1) is 10.9. The molecule has 0 saturated carbocycles. The van der Waals surface area contributed by atoms with Gasteiger partial charge in [0.2, 0.25) is 0 Å². The van der Waals surface area contributed by atoms with E-state index < -0.39 is 0 Å². The third-order valence-electron chi connectivity index (χ3n) is 3.34. The van der Waals surface area contributed by atoms with E-state index in [4.69, 9.17) is 21.7 Å². The molecule has 0 aliphatic carbocycles. The van der Waals surface area contributed by atoms with Crippen LogP contribution in [0, 0.1) is 17.4 Å². The molecular formula is C17H18INO3S. The zero-order valence-corrected chi connectivity index (χ0v) is 16.1. The number of benzene rings is 2. The Morgan fingerprint density at radius 2 is 2.00 bits per heavy atom. The van der Waals surface area contributed by atoms with Crippen molar-refractivity contribution in [3.63, 3.8) is 0 Å². The topological polar surface area (TPSA) is 41.9 Å². The van der Waals surface area contributed by atoms with Gasteiger partial charge >= 0.3 is 0 Å². The average Bonchev–Trinajstić information content (AvgIpc) is 2.52. The van der Waals surface area contributed by atoms with Crippen LogP contribution in [-0.4, -0.2) is 17.5 Å². The molecular weight excluding hydrogens is 425 g/mol. The van der Waals surface area contributed by atoms with E-state index >= 15 is 0 Å². The summed E-state index contributed by atoms with van der Waals surface area (Å²) in [4.78, 5) is 0. The molecule has 2 aromatic carbocycles. The molecule has 6 heteroatoms. The van der Waals surface area contributed by atoms with Gasteiger partial charge in [-0.25, -0.2) is 0 Å². The van der Waals surface area contributed by atoms with Crippen molar-refractivity contribution in [3.05, 3.63) is 56.7 Å². The third kappa shape index (κ3) is 4.33. The van der Waals surface area contributed by atoms with Crippen LogP contribution in [0.5, 0.6) is 5.75 Å². The lowest BCUT2D eigenvalue weighted by atomic mass is 10.1. The van der Waals surface area contributed by atoms with E-state index in [1.165, 1.54) is 12.7 Å². The van der Waals surface area contributed by atoms with Gasteiger partial charge in [0.15, 0.2) is 0 Å². The number of hydrogen-bond acceptors (Lipinski definition) is 4. The fraction of sp³-hybridized carbons (Fsp3) is 0.235. The quantitative estimate of drug-likeness (QED) is 0.425. The summed E-state index contributed by atoms with van der Waals surface area (Å²) in [5.74, 6) is 0.819. The number of para-hydroxylation sites is 1. The maximum atomic E-state index is 10.2. The lowest BCUT2D eigenvalue weighted by Gasteiger charge is -2.21. The van der Waals surface area contributed by atoms with Crippen molar-refractivity contribution < 1.29 is 14.7 Å². The Morgan fingerprint density at radius 1 is 1.26 bits per heavy atom. The van der Waals surface area contributed by atoms with Gasteiger partial charge in [-0.15, -0.1) is 0 Å². The summed E-state index contributed by atoms with van der Waals surface area (Å²) in [6, 6.07) is 11.7. The van der Waals surface area contributed by atoms with E-state index in [2.05, 4.69) is 28.7 Å². The number of halogens is 1. The fourth-order valence-electron chi connectivity index (χ4n) is 2.21. The Morgan fingerprint density at radius 3 is 2.65 bits per heavy atom. The zero-order chi connectivity index (χ0) is 17.0. The number of nitrogens with zero attached hydrogens (tertiary/aromatic N) is 1. The van der Waals surface area contributed by atoms with Gasteiger partial charge in [-0.05, 0) is 66.4 Å². The molecule has 0 bridgehead atoms. The summed E-state index contributed by atoms with van der Waals surface area (Å²) >= 11 is 7.15. The minimum absolute atomic E-state index is 0.0121. The predicted molar refractivity (Wildman–Crippen MR) is 103 cm³/mol. The molecule has 0 aromatic heterocycles. The third-order valence-corrected chi connectivity index (χ3v) is 4.55. The molecule has 0 radical (unpaired) electrons. The van der Waals surface area contributed by atoms with Crippen molar-refractivity contribution in [2.24, 2.45) is 0 Å². The highest BCUT2D eigenvalue weighted by atomic mass is 127. The van der Waals surface area contributed by atoms with Crippen LogP contribution >= 0.6 is 34.8 Å². The summed E-state index contributed by atoms with van der Waals surface area (Å²) in [6.07, 6.45) is 0. The van der Waals surface area contributed by atoms with Crippen LogP contribution in [0.4, 0.5) is 5.69 Å². The van der Waals surface area contributed by atoms with Crippen molar-refractivity contribution >= 4 is 45.7 Å². The maximum absolute atomic E-state index is 10.2. The number of aryl methyl sites for hydroxylation is 2. The van der Waals surface area contributed by atoms with Crippen LogP contribution in [-0.2, 0) is 11.3 Å². The Labute approximate surface area is 155 Å². The number of ether oxygens (including phenoxy) is 2. The lowest BCUT2D eigenvalue weighted by molar-refractivity contribution is 0.263. The molecule has 0 unspecified atom stereocenters. The standard InChI is InChI=1S/C17H18INO3S/c1-11-7-8-15(12(2)9-11)22-10-13-5-4-6-14(18)16(13)19(20)17(23)21-3/h4-9,20H,10H2,1-3H3. The molecule has 0 amide bonds. The molecule has 2 aromatic rings. The number of thiocarbonyl (C=S) groups is 1. The molecule has 122 valence electrons. The molecule has 0 aliphatic heterocycles. The monoisotopic (exact) mass is 443 g/mol.